The van der Waals surface area contributed by atoms with E-state index in [0.29, 0.717) is 0 Å². The Labute approximate surface area is 127 Å². The molecule has 21 heavy (non-hydrogen) atoms. The molecule has 0 spiro atoms. The van der Waals surface area contributed by atoms with Crippen molar-refractivity contribution in [2.45, 2.75) is 82.5 Å². The summed E-state index contributed by atoms with van der Waals surface area (Å²) in [5.41, 5.74) is 0. The van der Waals surface area contributed by atoms with Crippen molar-refractivity contribution >= 4 is 0 Å². The predicted octanol–water partition coefficient (Wildman–Crippen LogP) is 4.35. The molecule has 2 unspecified atom stereocenters. The van der Waals surface area contributed by atoms with Gasteiger partial charge in [-0.05, 0) is 26.9 Å². The van der Waals surface area contributed by atoms with Gasteiger partial charge in [0.25, 0.3) is 0 Å². The average Bonchev–Trinajstić information content (AvgIpc) is 2.37. The Kier molecular flexibility index (Phi) is 8.64. The van der Waals surface area contributed by atoms with Gasteiger partial charge in [0, 0.05) is 12.1 Å². The zero-order chi connectivity index (χ0) is 15.7. The average molecular weight is 308 g/mol. The molecule has 1 N–H and O–H groups in total. The molecule has 0 bridgehead atoms. The minimum Gasteiger partial charge on any atom is -0.315 e. The van der Waals surface area contributed by atoms with Crippen LogP contribution in [0.2, 0.25) is 0 Å². The summed E-state index contributed by atoms with van der Waals surface area (Å²) < 4.78 is 38.0. The lowest BCUT2D eigenvalue weighted by Gasteiger charge is -2.35. The maximum atomic E-state index is 12.7. The largest absolute Gasteiger partial charge is 0.401 e. The molecule has 0 aromatic heterocycles. The molecule has 5 heteroatoms. The lowest BCUT2D eigenvalue weighted by atomic mass is 9.93. The Morgan fingerprint density at radius 1 is 0.905 bits per heavy atom. The highest BCUT2D eigenvalue weighted by atomic mass is 19.4. The number of hydrogen-bond donors (Lipinski definition) is 1. The molecule has 0 aliphatic heterocycles. The molecule has 1 saturated carbocycles. The minimum atomic E-state index is -4.11. The first-order valence-electron chi connectivity index (χ1n) is 8.38. The third-order valence-electron chi connectivity index (χ3n) is 4.60. The van der Waals surface area contributed by atoms with Gasteiger partial charge in [-0.1, -0.05) is 51.4 Å². The standard InChI is InChI=1S/C16H31F3N2/c1-20-14-11-9-7-5-3-4-6-8-10-12-15(14)21(2)13-16(17,18)19/h14-15,20H,3-13H2,1-2H3. The first-order valence-corrected chi connectivity index (χ1v) is 8.38. The molecular formula is C16H31F3N2. The third kappa shape index (κ3) is 8.05. The molecule has 0 aromatic carbocycles. The molecule has 0 heterocycles. The zero-order valence-electron chi connectivity index (χ0n) is 13.5. The van der Waals surface area contributed by atoms with Crippen molar-refractivity contribution in [2.75, 3.05) is 20.6 Å². The van der Waals surface area contributed by atoms with Crippen molar-refractivity contribution in [3.63, 3.8) is 0 Å². The topological polar surface area (TPSA) is 15.3 Å². The van der Waals surface area contributed by atoms with Gasteiger partial charge in [0.05, 0.1) is 6.54 Å². The van der Waals surface area contributed by atoms with Gasteiger partial charge in [0.1, 0.15) is 0 Å². The van der Waals surface area contributed by atoms with E-state index >= 15 is 0 Å². The molecule has 126 valence electrons. The fourth-order valence-corrected chi connectivity index (χ4v) is 3.44. The molecule has 1 aliphatic carbocycles. The van der Waals surface area contributed by atoms with Crippen LogP contribution in [0.3, 0.4) is 0 Å². The number of nitrogens with zero attached hydrogens (tertiary/aromatic N) is 1. The van der Waals surface area contributed by atoms with Crippen molar-refractivity contribution in [1.82, 2.24) is 10.2 Å². The predicted molar refractivity (Wildman–Crippen MR) is 81.5 cm³/mol. The van der Waals surface area contributed by atoms with Gasteiger partial charge in [0.2, 0.25) is 0 Å². The number of alkyl halides is 3. The first-order chi connectivity index (χ1) is 9.94. The van der Waals surface area contributed by atoms with E-state index in [9.17, 15) is 13.2 Å². The van der Waals surface area contributed by atoms with E-state index in [-0.39, 0.29) is 12.1 Å². The van der Waals surface area contributed by atoms with Crippen LogP contribution in [0.1, 0.15) is 64.2 Å². The Morgan fingerprint density at radius 2 is 1.38 bits per heavy atom. The minimum absolute atomic E-state index is 0.0175. The van der Waals surface area contributed by atoms with E-state index in [1.54, 1.807) is 7.05 Å². The highest BCUT2D eigenvalue weighted by Crippen LogP contribution is 2.23. The van der Waals surface area contributed by atoms with Crippen LogP contribution in [0.5, 0.6) is 0 Å². The van der Waals surface area contributed by atoms with Crippen LogP contribution in [0, 0.1) is 0 Å². The Hall–Kier alpha value is -0.290. The van der Waals surface area contributed by atoms with Crippen molar-refractivity contribution in [1.29, 1.82) is 0 Å². The number of rotatable bonds is 3. The molecule has 0 amide bonds. The summed E-state index contributed by atoms with van der Waals surface area (Å²) in [5.74, 6) is 0. The van der Waals surface area contributed by atoms with E-state index in [0.717, 1.165) is 32.1 Å². The van der Waals surface area contributed by atoms with Crippen molar-refractivity contribution in [3.8, 4) is 0 Å². The van der Waals surface area contributed by atoms with Gasteiger partial charge in [-0.2, -0.15) is 13.2 Å². The van der Waals surface area contributed by atoms with Crippen LogP contribution < -0.4 is 5.32 Å². The maximum Gasteiger partial charge on any atom is 0.401 e. The molecular weight excluding hydrogens is 277 g/mol. The fraction of sp³-hybridized carbons (Fsp3) is 1.00. The van der Waals surface area contributed by atoms with Crippen LogP contribution in [0.15, 0.2) is 0 Å². The molecule has 1 aliphatic rings. The molecule has 0 saturated heterocycles. The van der Waals surface area contributed by atoms with E-state index in [1.165, 1.54) is 37.0 Å². The second kappa shape index (κ2) is 9.67. The SMILES string of the molecule is CNC1CCCCCCCCCCC1N(C)CC(F)(F)F. The maximum absolute atomic E-state index is 12.7. The van der Waals surface area contributed by atoms with E-state index < -0.39 is 12.7 Å². The van der Waals surface area contributed by atoms with Gasteiger partial charge >= 0.3 is 6.18 Å². The highest BCUT2D eigenvalue weighted by Gasteiger charge is 2.34. The van der Waals surface area contributed by atoms with Crippen molar-refractivity contribution in [3.05, 3.63) is 0 Å². The quantitative estimate of drug-likeness (QED) is 0.834. The molecule has 2 atom stereocenters. The summed E-state index contributed by atoms with van der Waals surface area (Å²) in [6.45, 7) is -0.810. The number of halogens is 3. The number of hydrogen-bond acceptors (Lipinski definition) is 2. The van der Waals surface area contributed by atoms with Crippen LogP contribution >= 0.6 is 0 Å². The summed E-state index contributed by atoms with van der Waals surface area (Å²) in [6.07, 6.45) is 7.28. The van der Waals surface area contributed by atoms with E-state index in [2.05, 4.69) is 5.32 Å². The van der Waals surface area contributed by atoms with Crippen molar-refractivity contribution in [2.24, 2.45) is 0 Å². The second-order valence-electron chi connectivity index (χ2n) is 6.40. The summed E-state index contributed by atoms with van der Waals surface area (Å²) in [6, 6.07) is 0.146. The number of likely N-dealkylation sites (N-methyl/N-ethyl adjacent to an activating group) is 2. The first kappa shape index (κ1) is 18.8. The summed E-state index contributed by atoms with van der Waals surface area (Å²) in [7, 11) is 3.50. The molecule has 2 nitrogen and oxygen atoms in total. The summed E-state index contributed by atoms with van der Waals surface area (Å²) in [5, 5.41) is 3.26. The van der Waals surface area contributed by atoms with Gasteiger partial charge in [-0.25, -0.2) is 0 Å². The molecule has 1 fully saturated rings. The summed E-state index contributed by atoms with van der Waals surface area (Å²) >= 11 is 0. The summed E-state index contributed by atoms with van der Waals surface area (Å²) in [4.78, 5) is 1.51. The second-order valence-corrected chi connectivity index (χ2v) is 6.40. The zero-order valence-corrected chi connectivity index (χ0v) is 13.5. The van der Waals surface area contributed by atoms with Gasteiger partial charge < -0.3 is 5.32 Å². The third-order valence-corrected chi connectivity index (χ3v) is 4.60. The van der Waals surface area contributed by atoms with E-state index in [4.69, 9.17) is 0 Å². The lowest BCUT2D eigenvalue weighted by Crippen LogP contribution is -2.50. The van der Waals surface area contributed by atoms with Crippen molar-refractivity contribution < 1.29 is 13.2 Å². The monoisotopic (exact) mass is 308 g/mol. The smallest absolute Gasteiger partial charge is 0.315 e. The van der Waals surface area contributed by atoms with Gasteiger partial charge in [0.15, 0.2) is 0 Å². The van der Waals surface area contributed by atoms with Crippen LogP contribution in [-0.4, -0.2) is 43.8 Å². The Morgan fingerprint density at radius 3 is 1.86 bits per heavy atom. The number of nitrogens with one attached hydrogen (secondary N) is 1. The molecule has 1 rings (SSSR count). The van der Waals surface area contributed by atoms with Gasteiger partial charge in [-0.3, -0.25) is 4.90 Å². The highest BCUT2D eigenvalue weighted by molar-refractivity contribution is 4.84. The van der Waals surface area contributed by atoms with Crippen LogP contribution in [-0.2, 0) is 0 Å². The lowest BCUT2D eigenvalue weighted by molar-refractivity contribution is -0.149. The van der Waals surface area contributed by atoms with Gasteiger partial charge in [-0.15, -0.1) is 0 Å². The Bertz CT molecular complexity index is 269. The van der Waals surface area contributed by atoms with Crippen LogP contribution in [0.25, 0.3) is 0 Å². The van der Waals surface area contributed by atoms with Crippen LogP contribution in [0.4, 0.5) is 13.2 Å². The Balaban J connectivity index is 2.65. The molecule has 0 radical (unpaired) electrons. The molecule has 0 aromatic rings. The fourth-order valence-electron chi connectivity index (χ4n) is 3.44. The van der Waals surface area contributed by atoms with E-state index in [1.807, 2.05) is 7.05 Å². The normalized spacial score (nSPS) is 27.1.